The molecule has 66 valence electrons. The van der Waals surface area contributed by atoms with Gasteiger partial charge in [-0.3, -0.25) is 0 Å². The Labute approximate surface area is 71.4 Å². The standard InChI is InChI=1S/C11H22/c1-4-6-11(7-8-11)9-10(3)5-2/h10H,4-9H2,1-3H3. The highest BCUT2D eigenvalue weighted by atomic mass is 14.5. The lowest BCUT2D eigenvalue weighted by Gasteiger charge is -2.17. The van der Waals surface area contributed by atoms with Crippen LogP contribution in [0.2, 0.25) is 0 Å². The van der Waals surface area contributed by atoms with E-state index in [4.69, 9.17) is 0 Å². The molecule has 0 aromatic heterocycles. The summed E-state index contributed by atoms with van der Waals surface area (Å²) in [5, 5.41) is 0. The minimum atomic E-state index is 0.824. The van der Waals surface area contributed by atoms with Crippen LogP contribution in [0.3, 0.4) is 0 Å². The zero-order valence-corrected chi connectivity index (χ0v) is 8.32. The molecule has 0 N–H and O–H groups in total. The molecule has 0 heteroatoms. The molecular weight excluding hydrogens is 132 g/mol. The van der Waals surface area contributed by atoms with Gasteiger partial charge in [0.25, 0.3) is 0 Å². The normalized spacial score (nSPS) is 23.2. The second kappa shape index (κ2) is 3.60. The van der Waals surface area contributed by atoms with Gasteiger partial charge in [-0.1, -0.05) is 33.6 Å². The van der Waals surface area contributed by atoms with Crippen LogP contribution in [0.25, 0.3) is 0 Å². The average molecular weight is 154 g/mol. The summed E-state index contributed by atoms with van der Waals surface area (Å²) >= 11 is 0. The Morgan fingerprint density at radius 1 is 1.27 bits per heavy atom. The molecule has 0 spiro atoms. The van der Waals surface area contributed by atoms with Crippen molar-refractivity contribution in [2.45, 2.75) is 59.3 Å². The Bertz CT molecular complexity index is 111. The van der Waals surface area contributed by atoms with E-state index in [1.807, 2.05) is 0 Å². The number of hydrogen-bond acceptors (Lipinski definition) is 0. The van der Waals surface area contributed by atoms with Gasteiger partial charge >= 0.3 is 0 Å². The Morgan fingerprint density at radius 2 is 1.91 bits per heavy atom. The molecule has 1 fully saturated rings. The first-order valence-electron chi connectivity index (χ1n) is 5.22. The van der Waals surface area contributed by atoms with Crippen LogP contribution in [0.15, 0.2) is 0 Å². The maximum Gasteiger partial charge on any atom is -0.0295 e. The maximum absolute atomic E-state index is 2.40. The molecule has 1 unspecified atom stereocenters. The molecule has 0 aliphatic heterocycles. The van der Waals surface area contributed by atoms with E-state index in [2.05, 4.69) is 20.8 Å². The highest BCUT2D eigenvalue weighted by Crippen LogP contribution is 2.54. The fourth-order valence-electron chi connectivity index (χ4n) is 2.15. The van der Waals surface area contributed by atoms with Crippen LogP contribution in [-0.4, -0.2) is 0 Å². The van der Waals surface area contributed by atoms with Crippen molar-refractivity contribution < 1.29 is 0 Å². The van der Waals surface area contributed by atoms with Gasteiger partial charge in [0.1, 0.15) is 0 Å². The van der Waals surface area contributed by atoms with Crippen LogP contribution < -0.4 is 0 Å². The molecule has 0 radical (unpaired) electrons. The van der Waals surface area contributed by atoms with Crippen LogP contribution in [0.4, 0.5) is 0 Å². The Balaban J connectivity index is 2.23. The predicted molar refractivity (Wildman–Crippen MR) is 50.6 cm³/mol. The van der Waals surface area contributed by atoms with Crippen molar-refractivity contribution in [2.75, 3.05) is 0 Å². The average Bonchev–Trinajstić information content (AvgIpc) is 2.70. The number of hydrogen-bond donors (Lipinski definition) is 0. The third-order valence-electron chi connectivity index (χ3n) is 3.22. The first-order valence-corrected chi connectivity index (χ1v) is 5.22. The van der Waals surface area contributed by atoms with E-state index in [0.717, 1.165) is 11.3 Å². The van der Waals surface area contributed by atoms with Gasteiger partial charge in [-0.25, -0.2) is 0 Å². The van der Waals surface area contributed by atoms with E-state index < -0.39 is 0 Å². The second-order valence-electron chi connectivity index (χ2n) is 4.47. The largest absolute Gasteiger partial charge is 0.0654 e. The second-order valence-corrected chi connectivity index (χ2v) is 4.47. The summed E-state index contributed by atoms with van der Waals surface area (Å²) in [5.41, 5.74) is 0.824. The molecule has 0 aromatic carbocycles. The predicted octanol–water partition coefficient (Wildman–Crippen LogP) is 4.00. The highest BCUT2D eigenvalue weighted by Gasteiger charge is 2.41. The van der Waals surface area contributed by atoms with Crippen LogP contribution in [0, 0.1) is 11.3 Å². The summed E-state index contributed by atoms with van der Waals surface area (Å²) < 4.78 is 0. The Kier molecular flexibility index (Phi) is 2.98. The van der Waals surface area contributed by atoms with E-state index in [1.165, 1.54) is 38.5 Å². The van der Waals surface area contributed by atoms with E-state index >= 15 is 0 Å². The van der Waals surface area contributed by atoms with Crippen molar-refractivity contribution in [1.82, 2.24) is 0 Å². The fourth-order valence-corrected chi connectivity index (χ4v) is 2.15. The van der Waals surface area contributed by atoms with Crippen molar-refractivity contribution >= 4 is 0 Å². The lowest BCUT2D eigenvalue weighted by Crippen LogP contribution is -2.05. The molecule has 1 aliphatic rings. The molecule has 0 saturated heterocycles. The highest BCUT2D eigenvalue weighted by molar-refractivity contribution is 4.93. The maximum atomic E-state index is 2.40. The monoisotopic (exact) mass is 154 g/mol. The first kappa shape index (κ1) is 9.09. The summed E-state index contributed by atoms with van der Waals surface area (Å²) in [4.78, 5) is 0. The van der Waals surface area contributed by atoms with Gasteiger partial charge in [-0.15, -0.1) is 0 Å². The summed E-state index contributed by atoms with van der Waals surface area (Å²) in [5.74, 6) is 0.962. The third-order valence-corrected chi connectivity index (χ3v) is 3.22. The van der Waals surface area contributed by atoms with Crippen LogP contribution in [0.5, 0.6) is 0 Å². The molecule has 0 amide bonds. The van der Waals surface area contributed by atoms with Gasteiger partial charge in [0, 0.05) is 0 Å². The quantitative estimate of drug-likeness (QED) is 0.561. The third kappa shape index (κ3) is 2.50. The van der Waals surface area contributed by atoms with Gasteiger partial charge in [0.15, 0.2) is 0 Å². The van der Waals surface area contributed by atoms with Gasteiger partial charge in [0.05, 0.1) is 0 Å². The molecule has 11 heavy (non-hydrogen) atoms. The summed E-state index contributed by atoms with van der Waals surface area (Å²) in [7, 11) is 0. The smallest absolute Gasteiger partial charge is 0.0295 e. The van der Waals surface area contributed by atoms with Crippen LogP contribution in [0.1, 0.15) is 59.3 Å². The summed E-state index contributed by atoms with van der Waals surface area (Å²) in [6, 6.07) is 0. The summed E-state index contributed by atoms with van der Waals surface area (Å²) in [6.45, 7) is 7.03. The molecule has 0 aromatic rings. The van der Waals surface area contributed by atoms with Crippen LogP contribution >= 0.6 is 0 Å². The van der Waals surface area contributed by atoms with Crippen molar-refractivity contribution in [1.29, 1.82) is 0 Å². The van der Waals surface area contributed by atoms with E-state index in [1.54, 1.807) is 0 Å². The van der Waals surface area contributed by atoms with Crippen molar-refractivity contribution in [3.8, 4) is 0 Å². The topological polar surface area (TPSA) is 0 Å². The van der Waals surface area contributed by atoms with E-state index in [0.29, 0.717) is 0 Å². The summed E-state index contributed by atoms with van der Waals surface area (Å²) in [6.07, 6.45) is 8.77. The van der Waals surface area contributed by atoms with E-state index in [9.17, 15) is 0 Å². The van der Waals surface area contributed by atoms with Gasteiger partial charge in [-0.2, -0.15) is 0 Å². The molecule has 0 nitrogen and oxygen atoms in total. The molecule has 0 bridgehead atoms. The lowest BCUT2D eigenvalue weighted by atomic mass is 9.88. The van der Waals surface area contributed by atoms with Crippen LogP contribution in [-0.2, 0) is 0 Å². The lowest BCUT2D eigenvalue weighted by molar-refractivity contribution is 0.340. The minimum absolute atomic E-state index is 0.824. The molecule has 1 atom stereocenters. The van der Waals surface area contributed by atoms with Gasteiger partial charge in [-0.05, 0) is 37.0 Å². The molecule has 1 saturated carbocycles. The molecule has 1 aliphatic carbocycles. The Hall–Kier alpha value is 0. The number of rotatable bonds is 5. The van der Waals surface area contributed by atoms with Crippen molar-refractivity contribution in [2.24, 2.45) is 11.3 Å². The first-order chi connectivity index (χ1) is 5.22. The zero-order valence-electron chi connectivity index (χ0n) is 8.32. The molecular formula is C11H22. The van der Waals surface area contributed by atoms with Crippen molar-refractivity contribution in [3.05, 3.63) is 0 Å². The van der Waals surface area contributed by atoms with Gasteiger partial charge < -0.3 is 0 Å². The SMILES string of the molecule is CCCC1(CC(C)CC)CC1. The van der Waals surface area contributed by atoms with E-state index in [-0.39, 0.29) is 0 Å². The molecule has 0 heterocycles. The van der Waals surface area contributed by atoms with Gasteiger partial charge in [0.2, 0.25) is 0 Å². The minimum Gasteiger partial charge on any atom is -0.0654 e. The Morgan fingerprint density at radius 3 is 2.27 bits per heavy atom. The van der Waals surface area contributed by atoms with Crippen molar-refractivity contribution in [3.63, 3.8) is 0 Å². The fraction of sp³-hybridized carbons (Fsp3) is 1.00. The zero-order chi connectivity index (χ0) is 8.32. The molecule has 1 rings (SSSR count).